The molecule has 0 amide bonds. The van der Waals surface area contributed by atoms with E-state index in [-0.39, 0.29) is 21.4 Å². The molecule has 2 saturated heterocycles. The molecule has 2 aromatic rings. The monoisotopic (exact) mass is 487 g/mol. The number of halogens is 2. The first-order valence-corrected chi connectivity index (χ1v) is 12.4. The third-order valence-electron chi connectivity index (χ3n) is 6.12. The van der Waals surface area contributed by atoms with Crippen molar-refractivity contribution in [3.8, 4) is 5.75 Å². The molecule has 0 saturated carbocycles. The Bertz CT molecular complexity index is 1160. The van der Waals surface area contributed by atoms with E-state index in [1.807, 2.05) is 0 Å². The Hall–Kier alpha value is -1.65. The molecule has 0 aliphatic carbocycles. The Morgan fingerprint density at radius 2 is 1.61 bits per heavy atom. The predicted octanol–water partition coefficient (Wildman–Crippen LogP) is 2.68. The van der Waals surface area contributed by atoms with E-state index in [1.54, 1.807) is 0 Å². The third kappa shape index (κ3) is 4.09. The number of phenolic OH excluding ortho intramolecular Hbond substituents is 1. The van der Waals surface area contributed by atoms with Crippen molar-refractivity contribution >= 4 is 44.6 Å². The first-order valence-electron chi connectivity index (χ1n) is 10.2. The molecule has 11 heteroatoms. The zero-order chi connectivity index (χ0) is 22.3. The van der Waals surface area contributed by atoms with Gasteiger partial charge in [0.1, 0.15) is 15.6 Å². The Kier molecular flexibility index (Phi) is 6.33. The van der Waals surface area contributed by atoms with Crippen molar-refractivity contribution in [2.75, 3.05) is 31.5 Å². The van der Waals surface area contributed by atoms with E-state index in [4.69, 9.17) is 23.2 Å². The van der Waals surface area contributed by atoms with E-state index in [0.29, 0.717) is 32.0 Å². The van der Waals surface area contributed by atoms with E-state index >= 15 is 0 Å². The summed E-state index contributed by atoms with van der Waals surface area (Å²) >= 11 is 11.9. The third-order valence-corrected chi connectivity index (χ3v) is 8.89. The Balaban J connectivity index is 1.55. The van der Waals surface area contributed by atoms with E-state index < -0.39 is 31.5 Å². The smallest absolute Gasteiger partial charge is 0.252 e. The van der Waals surface area contributed by atoms with Crippen molar-refractivity contribution in [3.63, 3.8) is 0 Å². The molecule has 2 N–H and O–H groups in total. The summed E-state index contributed by atoms with van der Waals surface area (Å²) in [4.78, 5) is 25.0. The van der Waals surface area contributed by atoms with Gasteiger partial charge < -0.3 is 15.3 Å². The minimum atomic E-state index is -4.07. The lowest BCUT2D eigenvalue weighted by molar-refractivity contribution is 0.117. The summed E-state index contributed by atoms with van der Waals surface area (Å²) in [5.74, 6) is -0.616. The van der Waals surface area contributed by atoms with Crippen LogP contribution in [-0.4, -0.2) is 55.0 Å². The molecule has 2 heterocycles. The molecule has 168 valence electrons. The van der Waals surface area contributed by atoms with Crippen molar-refractivity contribution in [2.45, 2.75) is 43.0 Å². The predicted molar refractivity (Wildman–Crippen MR) is 120 cm³/mol. The lowest BCUT2D eigenvalue weighted by Gasteiger charge is -2.39. The van der Waals surface area contributed by atoms with Crippen LogP contribution in [0.3, 0.4) is 0 Å². The zero-order valence-electron chi connectivity index (χ0n) is 16.7. The van der Waals surface area contributed by atoms with Gasteiger partial charge in [-0.1, -0.05) is 29.6 Å². The van der Waals surface area contributed by atoms with Gasteiger partial charge in [-0.15, -0.1) is 0 Å². The number of piperidine rings is 2. The van der Waals surface area contributed by atoms with Crippen LogP contribution >= 0.6 is 23.2 Å². The molecule has 2 aliphatic heterocycles. The van der Waals surface area contributed by atoms with E-state index in [9.17, 15) is 23.1 Å². The highest BCUT2D eigenvalue weighted by atomic mass is 35.5. The normalized spacial score (nSPS) is 19.7. The number of hydrogen-bond donors (Lipinski definition) is 2. The van der Waals surface area contributed by atoms with Gasteiger partial charge in [-0.25, -0.2) is 8.42 Å². The van der Waals surface area contributed by atoms with E-state index in [1.165, 1.54) is 35.7 Å². The molecule has 2 aromatic carbocycles. The maximum atomic E-state index is 13.3. The Labute approximate surface area is 190 Å². The average Bonchev–Trinajstić information content (AvgIpc) is 2.78. The Morgan fingerprint density at radius 3 is 2.23 bits per heavy atom. The number of nitrogens with one attached hydrogen (secondary N) is 1. The number of phenols is 1. The molecule has 0 unspecified atom stereocenters. The van der Waals surface area contributed by atoms with Crippen LogP contribution in [0.25, 0.3) is 0 Å². The first kappa shape index (κ1) is 22.5. The van der Waals surface area contributed by atoms with Crippen LogP contribution < -0.4 is 16.2 Å². The fourth-order valence-corrected chi connectivity index (χ4v) is 6.65. The molecule has 2 fully saturated rings. The highest BCUT2D eigenvalue weighted by Crippen LogP contribution is 2.40. The number of rotatable bonds is 5. The lowest BCUT2D eigenvalue weighted by Crippen LogP contribution is -2.48. The molecule has 2 aliphatic rings. The molecule has 31 heavy (non-hydrogen) atoms. The second kappa shape index (κ2) is 8.71. The highest BCUT2D eigenvalue weighted by molar-refractivity contribution is 7.89. The summed E-state index contributed by atoms with van der Waals surface area (Å²) in [5.41, 5.74) is -1.92. The quantitative estimate of drug-likeness (QED) is 0.492. The number of anilines is 2. The van der Waals surface area contributed by atoms with Crippen LogP contribution in [0.15, 0.2) is 26.6 Å². The van der Waals surface area contributed by atoms with Gasteiger partial charge in [0, 0.05) is 19.1 Å². The van der Waals surface area contributed by atoms with Crippen LogP contribution in [0.1, 0.15) is 32.1 Å². The highest BCUT2D eigenvalue weighted by Gasteiger charge is 2.35. The minimum absolute atomic E-state index is 0.0693. The summed E-state index contributed by atoms with van der Waals surface area (Å²) in [6.07, 6.45) is 5.03. The van der Waals surface area contributed by atoms with Crippen LogP contribution in [0.2, 0.25) is 10.0 Å². The lowest BCUT2D eigenvalue weighted by atomic mass is 10.0. The van der Waals surface area contributed by atoms with Gasteiger partial charge in [-0.05, 0) is 50.9 Å². The summed E-state index contributed by atoms with van der Waals surface area (Å²) in [7, 11) is -4.07. The Morgan fingerprint density at radius 1 is 0.968 bits per heavy atom. The topological polar surface area (TPSA) is 107 Å². The second-order valence-electron chi connectivity index (χ2n) is 7.98. The number of aromatic hydroxyl groups is 1. The van der Waals surface area contributed by atoms with Crippen molar-refractivity contribution < 1.29 is 13.5 Å². The van der Waals surface area contributed by atoms with Gasteiger partial charge in [-0.2, -0.15) is 4.31 Å². The second-order valence-corrected chi connectivity index (χ2v) is 10.6. The van der Waals surface area contributed by atoms with Gasteiger partial charge >= 0.3 is 0 Å². The van der Waals surface area contributed by atoms with Crippen LogP contribution in [0.5, 0.6) is 5.75 Å². The van der Waals surface area contributed by atoms with Gasteiger partial charge in [0.2, 0.25) is 15.5 Å². The van der Waals surface area contributed by atoms with Crippen LogP contribution in [-0.2, 0) is 10.0 Å². The van der Waals surface area contributed by atoms with Crippen molar-refractivity contribution in [2.24, 2.45) is 0 Å². The van der Waals surface area contributed by atoms with Gasteiger partial charge in [0.25, 0.3) is 5.43 Å². The molecule has 4 rings (SSSR count). The molecule has 0 spiro atoms. The SMILES string of the molecule is O=c1c(Cl)c(Nc2ccc(Cl)c(S(=O)(=O)N3CCC(N4CCCCC4)CC3)c2O)c1=O. The van der Waals surface area contributed by atoms with Crippen molar-refractivity contribution in [3.05, 3.63) is 42.6 Å². The maximum absolute atomic E-state index is 13.3. The van der Waals surface area contributed by atoms with Crippen LogP contribution in [0.4, 0.5) is 11.4 Å². The minimum Gasteiger partial charge on any atom is -0.504 e. The molecule has 0 aromatic heterocycles. The maximum Gasteiger partial charge on any atom is 0.252 e. The fraction of sp³-hybridized carbons (Fsp3) is 0.500. The molecule has 0 bridgehead atoms. The fourth-order valence-electron chi connectivity index (χ4n) is 4.36. The van der Waals surface area contributed by atoms with Crippen LogP contribution in [0, 0.1) is 0 Å². The summed E-state index contributed by atoms with van der Waals surface area (Å²) in [6.45, 7) is 2.77. The van der Waals surface area contributed by atoms with Crippen molar-refractivity contribution in [1.29, 1.82) is 0 Å². The van der Waals surface area contributed by atoms with Gasteiger partial charge in [-0.3, -0.25) is 9.59 Å². The first-order chi connectivity index (χ1) is 14.7. The summed E-state index contributed by atoms with van der Waals surface area (Å²) in [6, 6.07) is 3.00. The summed E-state index contributed by atoms with van der Waals surface area (Å²) in [5, 5.41) is 12.8. The van der Waals surface area contributed by atoms with E-state index in [2.05, 4.69) is 10.2 Å². The largest absolute Gasteiger partial charge is 0.504 e. The number of benzene rings is 1. The molecular formula is C20H23Cl2N3O5S. The van der Waals surface area contributed by atoms with Gasteiger partial charge in [0.15, 0.2) is 5.75 Å². The van der Waals surface area contributed by atoms with E-state index in [0.717, 1.165) is 13.1 Å². The number of nitrogens with zero attached hydrogens (tertiary/aromatic N) is 2. The molecule has 0 radical (unpaired) electrons. The molecule has 0 atom stereocenters. The number of hydrogen-bond acceptors (Lipinski definition) is 7. The number of likely N-dealkylation sites (tertiary alicyclic amines) is 1. The van der Waals surface area contributed by atoms with Gasteiger partial charge in [0.05, 0.1) is 10.7 Å². The molecule has 8 nitrogen and oxygen atoms in total. The molecular weight excluding hydrogens is 465 g/mol. The summed E-state index contributed by atoms with van der Waals surface area (Å²) < 4.78 is 27.9. The average molecular weight is 488 g/mol. The number of sulfonamides is 1. The zero-order valence-corrected chi connectivity index (χ0v) is 19.1. The van der Waals surface area contributed by atoms with Crippen molar-refractivity contribution in [1.82, 2.24) is 9.21 Å². The standard InChI is InChI=1S/C20H23Cl2N3O5S/c21-13-4-5-14(23-16-15(22)18(27)19(16)28)17(26)20(13)31(29,30)25-10-6-12(7-11-25)24-8-2-1-3-9-24/h4-5,12,23,26H,1-3,6-11H2.